The molecule has 3 aromatic rings. The van der Waals surface area contributed by atoms with Crippen LogP contribution in [0.3, 0.4) is 0 Å². The SMILES string of the molecule is CNSNc1cccc(CN2C(=O)Oc3cc(Oc4ncco4)ccc3C23COC3)c1F. The van der Waals surface area contributed by atoms with Gasteiger partial charge in [-0.25, -0.2) is 13.9 Å². The number of amides is 1. The fourth-order valence-electron chi connectivity index (χ4n) is 3.75. The van der Waals surface area contributed by atoms with Crippen molar-refractivity contribution in [1.82, 2.24) is 14.6 Å². The standard InChI is InChI=1S/C21H19FN4O5S/c1-23-32-25-16-4-2-3-13(18(16)22)10-26-20(27)31-17-9-14(30-19-24-7-8-29-19)5-6-15(17)21(26)11-28-12-21/h2-9,23,25H,10-12H2,1H3. The molecule has 2 aromatic carbocycles. The molecule has 0 atom stereocenters. The van der Waals surface area contributed by atoms with E-state index < -0.39 is 17.4 Å². The predicted molar refractivity (Wildman–Crippen MR) is 114 cm³/mol. The zero-order valence-corrected chi connectivity index (χ0v) is 17.8. The van der Waals surface area contributed by atoms with Crippen molar-refractivity contribution in [2.75, 3.05) is 25.0 Å². The molecule has 32 heavy (non-hydrogen) atoms. The van der Waals surface area contributed by atoms with Gasteiger partial charge in [0.15, 0.2) is 5.82 Å². The van der Waals surface area contributed by atoms with E-state index >= 15 is 4.39 Å². The summed E-state index contributed by atoms with van der Waals surface area (Å²) in [6, 6.07) is 10.2. The van der Waals surface area contributed by atoms with E-state index in [-0.39, 0.29) is 25.8 Å². The fourth-order valence-corrected chi connectivity index (χ4v) is 4.12. The van der Waals surface area contributed by atoms with Crippen LogP contribution in [-0.4, -0.2) is 36.2 Å². The number of rotatable bonds is 7. The summed E-state index contributed by atoms with van der Waals surface area (Å²) in [5.41, 5.74) is 0.701. The van der Waals surface area contributed by atoms with Crippen LogP contribution in [0.25, 0.3) is 0 Å². The van der Waals surface area contributed by atoms with Crippen molar-refractivity contribution in [3.63, 3.8) is 0 Å². The second kappa shape index (κ2) is 8.34. The number of aromatic nitrogens is 1. The predicted octanol–water partition coefficient (Wildman–Crippen LogP) is 4.04. The van der Waals surface area contributed by atoms with E-state index in [1.807, 2.05) is 6.07 Å². The number of carbonyl (C=O) groups excluding carboxylic acids is 1. The fraction of sp³-hybridized carbons (Fsp3) is 0.238. The number of anilines is 1. The molecule has 0 radical (unpaired) electrons. The molecule has 5 rings (SSSR count). The highest BCUT2D eigenvalue weighted by atomic mass is 32.2. The average molecular weight is 458 g/mol. The summed E-state index contributed by atoms with van der Waals surface area (Å²) >= 11 is 1.15. The first-order chi connectivity index (χ1) is 15.6. The minimum absolute atomic E-state index is 0.0295. The van der Waals surface area contributed by atoms with Crippen molar-refractivity contribution >= 4 is 23.9 Å². The Morgan fingerprint density at radius 3 is 2.91 bits per heavy atom. The summed E-state index contributed by atoms with van der Waals surface area (Å²) in [5, 5.41) is 0. The summed E-state index contributed by atoms with van der Waals surface area (Å²) in [5.74, 6) is 0.341. The molecule has 0 unspecified atom stereocenters. The molecule has 0 bridgehead atoms. The van der Waals surface area contributed by atoms with E-state index in [0.717, 1.165) is 17.7 Å². The zero-order valence-electron chi connectivity index (χ0n) is 17.0. The quantitative estimate of drug-likeness (QED) is 0.508. The van der Waals surface area contributed by atoms with E-state index in [0.29, 0.717) is 22.7 Å². The van der Waals surface area contributed by atoms with Crippen LogP contribution in [-0.2, 0) is 16.8 Å². The average Bonchev–Trinajstić information content (AvgIpc) is 3.26. The van der Waals surface area contributed by atoms with Gasteiger partial charge in [-0.2, -0.15) is 4.98 Å². The maximum Gasteiger partial charge on any atom is 0.416 e. The van der Waals surface area contributed by atoms with Crippen molar-refractivity contribution in [2.45, 2.75) is 12.1 Å². The number of fused-ring (bicyclic) bond motifs is 2. The van der Waals surface area contributed by atoms with Crippen LogP contribution in [0.15, 0.2) is 53.3 Å². The molecular weight excluding hydrogens is 439 g/mol. The largest absolute Gasteiger partial charge is 0.417 e. The van der Waals surface area contributed by atoms with Gasteiger partial charge in [-0.1, -0.05) is 12.1 Å². The number of halogens is 1. The molecular formula is C21H19FN4O5S. The summed E-state index contributed by atoms with van der Waals surface area (Å²) in [6.07, 6.45) is 2.35. The third kappa shape index (κ3) is 3.53. The van der Waals surface area contributed by atoms with Gasteiger partial charge >= 0.3 is 12.2 Å². The van der Waals surface area contributed by atoms with E-state index in [1.54, 1.807) is 37.4 Å². The van der Waals surface area contributed by atoms with Crippen LogP contribution >= 0.6 is 12.1 Å². The maximum absolute atomic E-state index is 15.0. The Morgan fingerprint density at radius 2 is 2.19 bits per heavy atom. The normalized spacial score (nSPS) is 16.3. The van der Waals surface area contributed by atoms with Crippen LogP contribution in [0.1, 0.15) is 11.1 Å². The molecule has 1 aromatic heterocycles. The van der Waals surface area contributed by atoms with Crippen molar-refractivity contribution in [2.24, 2.45) is 0 Å². The third-order valence-electron chi connectivity index (χ3n) is 5.36. The van der Waals surface area contributed by atoms with Crippen molar-refractivity contribution in [1.29, 1.82) is 0 Å². The molecule has 11 heteroatoms. The minimum atomic E-state index is -0.748. The first-order valence-electron chi connectivity index (χ1n) is 9.76. The summed E-state index contributed by atoms with van der Waals surface area (Å²) in [4.78, 5) is 18.4. The lowest BCUT2D eigenvalue weighted by Crippen LogP contribution is -2.63. The summed E-state index contributed by atoms with van der Waals surface area (Å²) < 4.78 is 42.5. The second-order valence-electron chi connectivity index (χ2n) is 7.22. The van der Waals surface area contributed by atoms with Crippen molar-refractivity contribution < 1.29 is 27.8 Å². The van der Waals surface area contributed by atoms with Crippen molar-refractivity contribution in [3.05, 3.63) is 65.8 Å². The number of hydrogen-bond acceptors (Lipinski definition) is 9. The van der Waals surface area contributed by atoms with E-state index in [4.69, 9.17) is 18.6 Å². The second-order valence-corrected chi connectivity index (χ2v) is 8.04. The van der Waals surface area contributed by atoms with E-state index in [2.05, 4.69) is 14.4 Å². The van der Waals surface area contributed by atoms with E-state index in [1.165, 1.54) is 17.4 Å². The molecule has 2 aliphatic rings. The molecule has 0 saturated carbocycles. The van der Waals surface area contributed by atoms with Crippen LogP contribution in [0.4, 0.5) is 14.9 Å². The highest BCUT2D eigenvalue weighted by Gasteiger charge is 2.53. The van der Waals surface area contributed by atoms with Crippen molar-refractivity contribution in [3.8, 4) is 17.6 Å². The lowest BCUT2D eigenvalue weighted by molar-refractivity contribution is -0.143. The smallest absolute Gasteiger partial charge is 0.416 e. The van der Waals surface area contributed by atoms with Gasteiger partial charge in [-0.15, -0.1) is 0 Å². The molecule has 166 valence electrons. The summed E-state index contributed by atoms with van der Waals surface area (Å²) in [7, 11) is 1.72. The Balaban J connectivity index is 1.44. The molecule has 1 fully saturated rings. The van der Waals surface area contributed by atoms with Crippen LogP contribution in [0.2, 0.25) is 0 Å². The number of benzene rings is 2. The third-order valence-corrected chi connectivity index (χ3v) is 5.88. The number of ether oxygens (including phenoxy) is 3. The van der Waals surface area contributed by atoms with Gasteiger partial charge in [0.25, 0.3) is 0 Å². The van der Waals surface area contributed by atoms with Crippen LogP contribution in [0, 0.1) is 5.82 Å². The first-order valence-corrected chi connectivity index (χ1v) is 10.6. The number of hydrogen-bond donors (Lipinski definition) is 2. The Labute approximate surface area is 187 Å². The number of nitrogens with zero attached hydrogens (tertiary/aromatic N) is 2. The molecule has 1 spiro atoms. The van der Waals surface area contributed by atoms with Crippen LogP contribution < -0.4 is 18.9 Å². The molecule has 9 nitrogen and oxygen atoms in total. The lowest BCUT2D eigenvalue weighted by Gasteiger charge is -2.51. The molecule has 0 aliphatic carbocycles. The van der Waals surface area contributed by atoms with Crippen LogP contribution in [0.5, 0.6) is 17.6 Å². The van der Waals surface area contributed by atoms with Gasteiger partial charge < -0.3 is 23.3 Å². The monoisotopic (exact) mass is 458 g/mol. The maximum atomic E-state index is 15.0. The lowest BCUT2D eigenvalue weighted by atomic mass is 9.84. The topological polar surface area (TPSA) is 98.1 Å². The summed E-state index contributed by atoms with van der Waals surface area (Å²) in [6.45, 7) is 0.593. The van der Waals surface area contributed by atoms with Gasteiger partial charge in [-0.3, -0.25) is 4.90 Å². The minimum Gasteiger partial charge on any atom is -0.417 e. The molecule has 2 N–H and O–H groups in total. The highest BCUT2D eigenvalue weighted by molar-refractivity contribution is 7.98. The van der Waals surface area contributed by atoms with Gasteiger partial charge in [-0.05, 0) is 25.2 Å². The van der Waals surface area contributed by atoms with Gasteiger partial charge in [0, 0.05) is 29.3 Å². The Kier molecular flexibility index (Phi) is 5.37. The first kappa shape index (κ1) is 20.6. The molecule has 2 aliphatic heterocycles. The molecule has 1 saturated heterocycles. The molecule has 3 heterocycles. The Bertz CT molecular complexity index is 1140. The number of carbonyl (C=O) groups is 1. The Hall–Kier alpha value is -3.28. The Morgan fingerprint density at radius 1 is 1.31 bits per heavy atom. The van der Waals surface area contributed by atoms with Gasteiger partial charge in [0.05, 0.1) is 31.6 Å². The van der Waals surface area contributed by atoms with Gasteiger partial charge in [0.1, 0.15) is 23.3 Å². The van der Waals surface area contributed by atoms with E-state index in [9.17, 15) is 4.79 Å². The number of oxazole rings is 1. The highest BCUT2D eigenvalue weighted by Crippen LogP contribution is 2.47. The zero-order chi connectivity index (χ0) is 22.1. The number of nitrogens with one attached hydrogen (secondary N) is 2. The molecule has 1 amide bonds. The van der Waals surface area contributed by atoms with Gasteiger partial charge in [0.2, 0.25) is 0 Å².